The Labute approximate surface area is 128 Å². The van der Waals surface area contributed by atoms with Gasteiger partial charge in [-0.3, -0.25) is 0 Å². The molecule has 0 saturated heterocycles. The highest BCUT2D eigenvalue weighted by Crippen LogP contribution is 2.53. The number of halogens is 1. The summed E-state index contributed by atoms with van der Waals surface area (Å²) in [5, 5.41) is 4.67. The predicted molar refractivity (Wildman–Crippen MR) is 86.3 cm³/mol. The predicted octanol–water partition coefficient (Wildman–Crippen LogP) is 5.04. The van der Waals surface area contributed by atoms with Gasteiger partial charge in [-0.1, -0.05) is 31.0 Å². The molecule has 2 fully saturated rings. The fourth-order valence-electron chi connectivity index (χ4n) is 4.46. The normalized spacial score (nSPS) is 29.9. The largest absolute Gasteiger partial charge is 0.310 e. The summed E-state index contributed by atoms with van der Waals surface area (Å²) in [4.78, 5) is 0. The monoisotopic (exact) mass is 291 g/mol. The SMILES string of the molecule is CCNC(c1cc(C)c(C)cc1Cl)C1CC2CCC1C2. The van der Waals surface area contributed by atoms with Gasteiger partial charge in [-0.25, -0.2) is 0 Å². The van der Waals surface area contributed by atoms with Gasteiger partial charge in [0.25, 0.3) is 0 Å². The number of fused-ring (bicyclic) bond motifs is 2. The Hall–Kier alpha value is -0.530. The van der Waals surface area contributed by atoms with Crippen LogP contribution in [0.25, 0.3) is 0 Å². The van der Waals surface area contributed by atoms with E-state index in [1.54, 1.807) is 0 Å². The first-order valence-corrected chi connectivity index (χ1v) is 8.48. The second-order valence-corrected chi connectivity index (χ2v) is 7.24. The van der Waals surface area contributed by atoms with Crippen LogP contribution >= 0.6 is 11.6 Å². The third-order valence-electron chi connectivity index (χ3n) is 5.59. The lowest BCUT2D eigenvalue weighted by molar-refractivity contribution is 0.253. The molecule has 1 aromatic rings. The molecule has 3 rings (SSSR count). The molecule has 0 amide bonds. The van der Waals surface area contributed by atoms with Crippen molar-refractivity contribution in [1.29, 1.82) is 0 Å². The maximum atomic E-state index is 6.57. The molecule has 20 heavy (non-hydrogen) atoms. The highest BCUT2D eigenvalue weighted by Gasteiger charge is 2.43. The van der Waals surface area contributed by atoms with Crippen molar-refractivity contribution in [2.75, 3.05) is 6.54 Å². The third-order valence-corrected chi connectivity index (χ3v) is 5.92. The second-order valence-electron chi connectivity index (χ2n) is 6.83. The van der Waals surface area contributed by atoms with Crippen LogP contribution in [0, 0.1) is 31.6 Å². The van der Waals surface area contributed by atoms with Crippen LogP contribution < -0.4 is 5.32 Å². The van der Waals surface area contributed by atoms with Crippen molar-refractivity contribution in [3.8, 4) is 0 Å². The van der Waals surface area contributed by atoms with Crippen molar-refractivity contribution in [2.45, 2.75) is 52.5 Å². The van der Waals surface area contributed by atoms with E-state index < -0.39 is 0 Å². The van der Waals surface area contributed by atoms with Gasteiger partial charge in [0.2, 0.25) is 0 Å². The summed E-state index contributed by atoms with van der Waals surface area (Å²) < 4.78 is 0. The fraction of sp³-hybridized carbons (Fsp3) is 0.667. The minimum atomic E-state index is 0.446. The van der Waals surface area contributed by atoms with Crippen LogP contribution in [-0.4, -0.2) is 6.54 Å². The zero-order valence-corrected chi connectivity index (χ0v) is 13.6. The fourth-order valence-corrected chi connectivity index (χ4v) is 4.79. The summed E-state index contributed by atoms with van der Waals surface area (Å²) in [6, 6.07) is 4.91. The Morgan fingerprint density at radius 3 is 2.55 bits per heavy atom. The second kappa shape index (κ2) is 5.69. The number of benzene rings is 1. The van der Waals surface area contributed by atoms with Gasteiger partial charge in [-0.15, -0.1) is 0 Å². The summed E-state index contributed by atoms with van der Waals surface area (Å²) in [5.41, 5.74) is 3.98. The van der Waals surface area contributed by atoms with E-state index in [4.69, 9.17) is 11.6 Å². The Balaban J connectivity index is 1.92. The van der Waals surface area contributed by atoms with Gasteiger partial charge in [0.05, 0.1) is 0 Å². The molecule has 1 aromatic carbocycles. The average molecular weight is 292 g/mol. The van der Waals surface area contributed by atoms with Crippen LogP contribution in [0.4, 0.5) is 0 Å². The number of aryl methyl sites for hydroxylation is 2. The molecular weight excluding hydrogens is 266 g/mol. The zero-order valence-electron chi connectivity index (χ0n) is 12.9. The van der Waals surface area contributed by atoms with E-state index in [0.29, 0.717) is 6.04 Å². The van der Waals surface area contributed by atoms with Gasteiger partial charge in [-0.2, -0.15) is 0 Å². The van der Waals surface area contributed by atoms with Crippen molar-refractivity contribution in [3.05, 3.63) is 33.8 Å². The summed E-state index contributed by atoms with van der Waals surface area (Å²) in [6.45, 7) is 7.56. The lowest BCUT2D eigenvalue weighted by atomic mass is 9.80. The van der Waals surface area contributed by atoms with Crippen molar-refractivity contribution in [2.24, 2.45) is 17.8 Å². The van der Waals surface area contributed by atoms with E-state index in [1.165, 1.54) is 42.4 Å². The van der Waals surface area contributed by atoms with Gasteiger partial charge in [-0.05, 0) is 80.2 Å². The molecule has 4 unspecified atom stereocenters. The number of hydrogen-bond donors (Lipinski definition) is 1. The van der Waals surface area contributed by atoms with Crippen molar-refractivity contribution < 1.29 is 0 Å². The van der Waals surface area contributed by atoms with Gasteiger partial charge >= 0.3 is 0 Å². The first-order valence-electron chi connectivity index (χ1n) is 8.10. The molecule has 2 aliphatic carbocycles. The van der Waals surface area contributed by atoms with E-state index in [9.17, 15) is 0 Å². The van der Waals surface area contributed by atoms with Gasteiger partial charge in [0, 0.05) is 11.1 Å². The minimum absolute atomic E-state index is 0.446. The first-order chi connectivity index (χ1) is 9.60. The van der Waals surface area contributed by atoms with Crippen LogP contribution in [0.5, 0.6) is 0 Å². The van der Waals surface area contributed by atoms with E-state index in [-0.39, 0.29) is 0 Å². The highest BCUT2D eigenvalue weighted by molar-refractivity contribution is 6.31. The van der Waals surface area contributed by atoms with Gasteiger partial charge in [0.15, 0.2) is 0 Å². The average Bonchev–Trinajstić information content (AvgIpc) is 3.03. The van der Waals surface area contributed by atoms with Crippen LogP contribution in [0.15, 0.2) is 12.1 Å². The summed E-state index contributed by atoms with van der Waals surface area (Å²) in [7, 11) is 0. The molecule has 2 saturated carbocycles. The van der Waals surface area contributed by atoms with Crippen LogP contribution in [0.2, 0.25) is 5.02 Å². The lowest BCUT2D eigenvalue weighted by Gasteiger charge is -2.32. The van der Waals surface area contributed by atoms with Crippen LogP contribution in [-0.2, 0) is 0 Å². The molecule has 110 valence electrons. The molecule has 0 radical (unpaired) electrons. The Bertz CT molecular complexity index is 496. The van der Waals surface area contributed by atoms with E-state index >= 15 is 0 Å². The minimum Gasteiger partial charge on any atom is -0.310 e. The third kappa shape index (κ3) is 2.51. The quantitative estimate of drug-likeness (QED) is 0.819. The molecule has 2 aliphatic rings. The maximum absolute atomic E-state index is 6.57. The molecule has 2 heteroatoms. The molecule has 0 heterocycles. The highest BCUT2D eigenvalue weighted by atomic mass is 35.5. The summed E-state index contributed by atoms with van der Waals surface area (Å²) in [6.07, 6.45) is 5.74. The smallest absolute Gasteiger partial charge is 0.0456 e. The van der Waals surface area contributed by atoms with Crippen molar-refractivity contribution in [1.82, 2.24) is 5.32 Å². The van der Waals surface area contributed by atoms with E-state index in [1.807, 2.05) is 0 Å². The lowest BCUT2D eigenvalue weighted by Crippen LogP contribution is -2.31. The topological polar surface area (TPSA) is 12.0 Å². The molecule has 0 spiro atoms. The summed E-state index contributed by atoms with van der Waals surface area (Å²) >= 11 is 6.57. The molecule has 1 N–H and O–H groups in total. The van der Waals surface area contributed by atoms with E-state index in [0.717, 1.165) is 29.3 Å². The van der Waals surface area contributed by atoms with Gasteiger partial charge in [0.1, 0.15) is 0 Å². The Kier molecular flexibility index (Phi) is 4.10. The Morgan fingerprint density at radius 1 is 1.20 bits per heavy atom. The molecule has 1 nitrogen and oxygen atoms in total. The van der Waals surface area contributed by atoms with Crippen LogP contribution in [0.3, 0.4) is 0 Å². The first kappa shape index (κ1) is 14.4. The molecule has 0 aromatic heterocycles. The molecule has 0 aliphatic heterocycles. The molecular formula is C18H26ClN. The number of rotatable bonds is 4. The van der Waals surface area contributed by atoms with E-state index in [2.05, 4.69) is 38.2 Å². The molecule has 2 bridgehead atoms. The number of hydrogen-bond acceptors (Lipinski definition) is 1. The van der Waals surface area contributed by atoms with Crippen molar-refractivity contribution in [3.63, 3.8) is 0 Å². The summed E-state index contributed by atoms with van der Waals surface area (Å²) in [5.74, 6) is 2.69. The zero-order chi connectivity index (χ0) is 14.3. The van der Waals surface area contributed by atoms with Gasteiger partial charge < -0.3 is 5.32 Å². The standard InChI is InChI=1S/C18H26ClN/c1-4-20-18(15-10-13-5-6-14(15)9-13)16-7-11(2)12(3)8-17(16)19/h7-8,13-15,18,20H,4-6,9-10H2,1-3H3. The maximum Gasteiger partial charge on any atom is 0.0456 e. The van der Waals surface area contributed by atoms with Crippen molar-refractivity contribution >= 4 is 11.6 Å². The molecule has 4 atom stereocenters. The Morgan fingerprint density at radius 2 is 1.95 bits per heavy atom. The van der Waals surface area contributed by atoms with Crippen LogP contribution in [0.1, 0.15) is 55.3 Å². The number of nitrogens with one attached hydrogen (secondary N) is 1.